The molecule has 3 heterocycles. The molecule has 0 amide bonds. The van der Waals surface area contributed by atoms with Gasteiger partial charge in [0.05, 0.1) is 35.9 Å². The van der Waals surface area contributed by atoms with E-state index in [1.165, 1.54) is 25.6 Å². The molecule has 0 bridgehead atoms. The number of nitrogen functional groups attached to an aromatic ring is 1. The average molecular weight is 408 g/mol. The van der Waals surface area contributed by atoms with E-state index in [1.54, 1.807) is 4.68 Å². The number of aromatic nitrogens is 3. The van der Waals surface area contributed by atoms with Crippen LogP contribution in [0.3, 0.4) is 0 Å². The quantitative estimate of drug-likeness (QED) is 0.516. The van der Waals surface area contributed by atoms with Crippen molar-refractivity contribution in [1.29, 1.82) is 0 Å². The topological polar surface area (TPSA) is 109 Å². The lowest BCUT2D eigenvalue weighted by Gasteiger charge is -2.11. The van der Waals surface area contributed by atoms with E-state index in [-0.39, 0.29) is 16.9 Å². The third-order valence-corrected chi connectivity index (χ3v) is 5.25. The molecule has 0 unspecified atom stereocenters. The van der Waals surface area contributed by atoms with Gasteiger partial charge in [-0.25, -0.2) is 19.3 Å². The molecule has 0 atom stereocenters. The van der Waals surface area contributed by atoms with Gasteiger partial charge >= 0.3 is 11.9 Å². The van der Waals surface area contributed by atoms with E-state index in [0.29, 0.717) is 16.7 Å². The van der Waals surface area contributed by atoms with E-state index in [0.717, 1.165) is 10.6 Å². The van der Waals surface area contributed by atoms with Crippen molar-refractivity contribution in [1.82, 2.24) is 14.8 Å². The lowest BCUT2D eigenvalue weighted by Crippen LogP contribution is -2.17. The minimum Gasteiger partial charge on any atom is -0.465 e. The normalized spacial score (nSPS) is 10.8. The molecule has 3 aromatic heterocycles. The number of methoxy groups -OCH3 is 2. The largest absolute Gasteiger partial charge is 0.465 e. The SMILES string of the molecule is COC(=O)c1nc2c(c(-c3cccs3)nn2-c2ccccc2)c(N)c1C(=O)OC. The highest BCUT2D eigenvalue weighted by atomic mass is 32.1. The van der Waals surface area contributed by atoms with Crippen molar-refractivity contribution in [3.05, 3.63) is 59.1 Å². The Labute approximate surface area is 169 Å². The fourth-order valence-electron chi connectivity index (χ4n) is 3.06. The van der Waals surface area contributed by atoms with Crippen LogP contribution in [0.5, 0.6) is 0 Å². The van der Waals surface area contributed by atoms with Gasteiger partial charge in [0, 0.05) is 0 Å². The van der Waals surface area contributed by atoms with E-state index in [9.17, 15) is 9.59 Å². The first-order valence-electron chi connectivity index (χ1n) is 8.55. The van der Waals surface area contributed by atoms with Crippen molar-refractivity contribution in [2.45, 2.75) is 0 Å². The fourth-order valence-corrected chi connectivity index (χ4v) is 3.78. The number of benzene rings is 1. The van der Waals surface area contributed by atoms with Crippen LogP contribution in [0.25, 0.3) is 27.3 Å². The van der Waals surface area contributed by atoms with Crippen LogP contribution in [0, 0.1) is 0 Å². The summed E-state index contributed by atoms with van der Waals surface area (Å²) in [6.07, 6.45) is 0. The molecule has 0 fully saturated rings. The summed E-state index contributed by atoms with van der Waals surface area (Å²) in [5, 5.41) is 7.07. The number of pyridine rings is 1. The molecule has 0 aliphatic carbocycles. The first-order valence-corrected chi connectivity index (χ1v) is 9.43. The van der Waals surface area contributed by atoms with Crippen LogP contribution in [0.2, 0.25) is 0 Å². The summed E-state index contributed by atoms with van der Waals surface area (Å²) in [4.78, 5) is 30.1. The number of thiophene rings is 1. The Bertz CT molecular complexity index is 1220. The highest BCUT2D eigenvalue weighted by molar-refractivity contribution is 7.13. The van der Waals surface area contributed by atoms with Crippen LogP contribution in [0.1, 0.15) is 20.8 Å². The van der Waals surface area contributed by atoms with Crippen molar-refractivity contribution in [3.8, 4) is 16.3 Å². The number of hydrogen-bond acceptors (Lipinski definition) is 8. The number of nitrogens with zero attached hydrogens (tertiary/aromatic N) is 3. The van der Waals surface area contributed by atoms with Gasteiger partial charge in [-0.3, -0.25) is 0 Å². The number of fused-ring (bicyclic) bond motifs is 1. The van der Waals surface area contributed by atoms with Crippen molar-refractivity contribution >= 4 is 40.0 Å². The molecule has 4 aromatic rings. The second-order valence-corrected chi connectivity index (χ2v) is 6.95. The van der Waals surface area contributed by atoms with Crippen molar-refractivity contribution in [2.75, 3.05) is 20.0 Å². The second kappa shape index (κ2) is 7.36. The van der Waals surface area contributed by atoms with Gasteiger partial charge in [0.15, 0.2) is 11.3 Å². The zero-order chi connectivity index (χ0) is 20.5. The Morgan fingerprint density at radius 2 is 1.76 bits per heavy atom. The lowest BCUT2D eigenvalue weighted by atomic mass is 10.1. The number of carbonyl (C=O) groups excluding carboxylic acids is 2. The molecular formula is C20H16N4O4S. The van der Waals surface area contributed by atoms with Gasteiger partial charge < -0.3 is 15.2 Å². The molecule has 0 saturated carbocycles. The number of ether oxygens (including phenoxy) is 2. The number of para-hydroxylation sites is 1. The Morgan fingerprint density at radius 1 is 1.03 bits per heavy atom. The molecule has 0 aliphatic rings. The Kier molecular flexibility index (Phi) is 4.73. The number of nitrogens with two attached hydrogens (primary N) is 1. The molecule has 1 aromatic carbocycles. The standard InChI is InChI=1S/C20H16N4O4S/c1-27-19(25)14-15(21)13-16(12-9-6-10-29-12)23-24(11-7-4-3-5-8-11)18(13)22-17(14)20(26)28-2/h3-10H,1-2H3,(H2,21,22). The van der Waals surface area contributed by atoms with E-state index in [1.807, 2.05) is 47.8 Å². The van der Waals surface area contributed by atoms with Crippen LogP contribution in [0.15, 0.2) is 47.8 Å². The summed E-state index contributed by atoms with van der Waals surface area (Å²) in [6, 6.07) is 13.1. The molecular weight excluding hydrogens is 392 g/mol. The minimum absolute atomic E-state index is 0.0628. The molecule has 0 radical (unpaired) electrons. The lowest BCUT2D eigenvalue weighted by molar-refractivity contribution is 0.0551. The summed E-state index contributed by atoms with van der Waals surface area (Å²) in [6.45, 7) is 0. The summed E-state index contributed by atoms with van der Waals surface area (Å²) in [7, 11) is 2.41. The Hall–Kier alpha value is -3.72. The van der Waals surface area contributed by atoms with E-state index in [2.05, 4.69) is 4.98 Å². The van der Waals surface area contributed by atoms with Gasteiger partial charge in [-0.2, -0.15) is 5.10 Å². The predicted octanol–water partition coefficient (Wildman–Crippen LogP) is 3.30. The number of esters is 2. The third kappa shape index (κ3) is 3.01. The molecule has 9 heteroatoms. The summed E-state index contributed by atoms with van der Waals surface area (Å²) in [5.41, 5.74) is 7.72. The fraction of sp³-hybridized carbons (Fsp3) is 0.100. The monoisotopic (exact) mass is 408 g/mol. The maximum atomic E-state index is 12.4. The molecule has 8 nitrogen and oxygen atoms in total. The number of rotatable bonds is 4. The van der Waals surface area contributed by atoms with Crippen molar-refractivity contribution in [3.63, 3.8) is 0 Å². The summed E-state index contributed by atoms with van der Waals surface area (Å²) < 4.78 is 11.2. The molecule has 29 heavy (non-hydrogen) atoms. The molecule has 0 spiro atoms. The first kappa shape index (κ1) is 18.6. The van der Waals surface area contributed by atoms with E-state index >= 15 is 0 Å². The first-order chi connectivity index (χ1) is 14.1. The highest BCUT2D eigenvalue weighted by Crippen LogP contribution is 2.37. The number of anilines is 1. The Balaban J connectivity index is 2.15. The minimum atomic E-state index is -0.794. The maximum Gasteiger partial charge on any atom is 0.357 e. The third-order valence-electron chi connectivity index (χ3n) is 4.38. The number of hydrogen-bond donors (Lipinski definition) is 1. The molecule has 2 N–H and O–H groups in total. The van der Waals surface area contributed by atoms with E-state index in [4.69, 9.17) is 20.3 Å². The Morgan fingerprint density at radius 3 is 2.38 bits per heavy atom. The van der Waals surface area contributed by atoms with Crippen LogP contribution in [-0.4, -0.2) is 40.9 Å². The van der Waals surface area contributed by atoms with Crippen LogP contribution in [-0.2, 0) is 9.47 Å². The molecule has 146 valence electrons. The average Bonchev–Trinajstić information content (AvgIpc) is 3.41. The van der Waals surface area contributed by atoms with Gasteiger partial charge in [-0.05, 0) is 23.6 Å². The predicted molar refractivity (Wildman–Crippen MR) is 109 cm³/mol. The van der Waals surface area contributed by atoms with Crippen LogP contribution >= 0.6 is 11.3 Å². The van der Waals surface area contributed by atoms with Gasteiger partial charge in [0.2, 0.25) is 0 Å². The van der Waals surface area contributed by atoms with Crippen LogP contribution in [0.4, 0.5) is 5.69 Å². The van der Waals surface area contributed by atoms with Crippen molar-refractivity contribution in [2.24, 2.45) is 0 Å². The smallest absolute Gasteiger partial charge is 0.357 e. The molecule has 0 aliphatic heterocycles. The van der Waals surface area contributed by atoms with Crippen molar-refractivity contribution < 1.29 is 19.1 Å². The van der Waals surface area contributed by atoms with Gasteiger partial charge in [-0.1, -0.05) is 24.3 Å². The summed E-state index contributed by atoms with van der Waals surface area (Å²) >= 11 is 1.48. The van der Waals surface area contributed by atoms with Gasteiger partial charge in [0.25, 0.3) is 0 Å². The number of carbonyl (C=O) groups is 2. The maximum absolute atomic E-state index is 12.4. The van der Waals surface area contributed by atoms with Gasteiger partial charge in [0.1, 0.15) is 11.3 Å². The van der Waals surface area contributed by atoms with Crippen LogP contribution < -0.4 is 5.73 Å². The van der Waals surface area contributed by atoms with Gasteiger partial charge in [-0.15, -0.1) is 11.3 Å². The second-order valence-electron chi connectivity index (χ2n) is 6.00. The highest BCUT2D eigenvalue weighted by Gasteiger charge is 2.29. The zero-order valence-electron chi connectivity index (χ0n) is 15.6. The zero-order valence-corrected chi connectivity index (χ0v) is 16.4. The molecule has 0 saturated heterocycles. The molecule has 4 rings (SSSR count). The van der Waals surface area contributed by atoms with E-state index < -0.39 is 11.9 Å². The summed E-state index contributed by atoms with van der Waals surface area (Å²) in [5.74, 6) is -1.57.